The zero-order valence-corrected chi connectivity index (χ0v) is 13.2. The molecule has 2 N–H and O–H groups in total. The van der Waals surface area contributed by atoms with Gasteiger partial charge in [0.1, 0.15) is 5.82 Å². The Kier molecular flexibility index (Phi) is 4.34. The maximum Gasteiger partial charge on any atom is 0.251 e. The molecule has 120 valence electrons. The van der Waals surface area contributed by atoms with E-state index in [-0.39, 0.29) is 17.9 Å². The maximum absolute atomic E-state index is 11.8. The minimum absolute atomic E-state index is 0.00408. The SMILES string of the molecule is CNC(=O)c1ccnc(N2CCCC(CO)(CC3CC3)C2)c1. The van der Waals surface area contributed by atoms with Gasteiger partial charge in [0.2, 0.25) is 0 Å². The number of hydrogen-bond donors (Lipinski definition) is 2. The minimum atomic E-state index is -0.0907. The van der Waals surface area contributed by atoms with E-state index in [0.717, 1.165) is 44.1 Å². The van der Waals surface area contributed by atoms with E-state index in [0.29, 0.717) is 5.56 Å². The molecule has 3 rings (SSSR count). The number of anilines is 1. The maximum atomic E-state index is 11.8. The highest BCUT2D eigenvalue weighted by atomic mass is 16.3. The van der Waals surface area contributed by atoms with Crippen LogP contribution in [-0.2, 0) is 0 Å². The van der Waals surface area contributed by atoms with Crippen LogP contribution < -0.4 is 10.2 Å². The van der Waals surface area contributed by atoms with E-state index in [9.17, 15) is 9.90 Å². The molecule has 22 heavy (non-hydrogen) atoms. The predicted octanol–water partition coefficient (Wildman–Crippen LogP) is 1.82. The molecule has 1 aromatic rings. The van der Waals surface area contributed by atoms with Crippen LogP contribution in [0.25, 0.3) is 0 Å². The molecule has 1 unspecified atom stereocenters. The van der Waals surface area contributed by atoms with Gasteiger partial charge in [0.15, 0.2) is 0 Å². The van der Waals surface area contributed by atoms with Crippen molar-refractivity contribution in [3.05, 3.63) is 23.9 Å². The monoisotopic (exact) mass is 303 g/mol. The second-order valence-corrected chi connectivity index (χ2v) is 6.81. The van der Waals surface area contributed by atoms with Crippen molar-refractivity contribution < 1.29 is 9.90 Å². The van der Waals surface area contributed by atoms with E-state index in [1.807, 2.05) is 6.07 Å². The van der Waals surface area contributed by atoms with E-state index in [1.54, 1.807) is 19.3 Å². The summed E-state index contributed by atoms with van der Waals surface area (Å²) in [5.74, 6) is 1.55. The zero-order chi connectivity index (χ0) is 15.6. The number of pyridine rings is 1. The summed E-state index contributed by atoms with van der Waals surface area (Å²) in [6, 6.07) is 3.58. The fourth-order valence-corrected chi connectivity index (χ4v) is 3.57. The Labute approximate surface area is 131 Å². The van der Waals surface area contributed by atoms with Gasteiger partial charge in [-0.05, 0) is 37.3 Å². The third-order valence-corrected chi connectivity index (χ3v) is 4.97. The largest absolute Gasteiger partial charge is 0.396 e. The molecule has 1 saturated heterocycles. The molecule has 0 radical (unpaired) electrons. The van der Waals surface area contributed by atoms with Crippen molar-refractivity contribution in [3.8, 4) is 0 Å². The Bertz CT molecular complexity index is 544. The lowest BCUT2D eigenvalue weighted by Crippen LogP contribution is -2.46. The Hall–Kier alpha value is -1.62. The third kappa shape index (κ3) is 3.24. The van der Waals surface area contributed by atoms with Crippen molar-refractivity contribution in [1.29, 1.82) is 0 Å². The molecule has 5 nitrogen and oxygen atoms in total. The van der Waals surface area contributed by atoms with Gasteiger partial charge in [-0.2, -0.15) is 0 Å². The van der Waals surface area contributed by atoms with Gasteiger partial charge in [-0.3, -0.25) is 4.79 Å². The molecule has 1 saturated carbocycles. The summed E-state index contributed by atoms with van der Waals surface area (Å²) in [6.45, 7) is 2.02. The van der Waals surface area contributed by atoms with Gasteiger partial charge in [-0.1, -0.05) is 12.8 Å². The average molecular weight is 303 g/mol. The molecule has 2 heterocycles. The quantitative estimate of drug-likeness (QED) is 0.871. The van der Waals surface area contributed by atoms with E-state index in [2.05, 4.69) is 15.2 Å². The number of aromatic nitrogens is 1. The number of aliphatic hydroxyl groups is 1. The van der Waals surface area contributed by atoms with Gasteiger partial charge in [-0.25, -0.2) is 4.98 Å². The normalized spacial score (nSPS) is 25.1. The van der Waals surface area contributed by atoms with Gasteiger partial charge in [0, 0.05) is 37.3 Å². The van der Waals surface area contributed by atoms with Crippen LogP contribution in [0.4, 0.5) is 5.82 Å². The molecule has 0 aromatic carbocycles. The standard InChI is InChI=1S/C17H25N3O2/c1-18-16(22)14-5-7-19-15(9-14)20-8-2-6-17(11-20,12-21)10-13-3-4-13/h5,7,9,13,21H,2-4,6,8,10-12H2,1H3,(H,18,22). The fraction of sp³-hybridized carbons (Fsp3) is 0.647. The summed E-state index contributed by atoms with van der Waals surface area (Å²) in [7, 11) is 1.63. The van der Waals surface area contributed by atoms with Crippen LogP contribution in [0.5, 0.6) is 0 Å². The lowest BCUT2D eigenvalue weighted by atomic mass is 9.76. The Morgan fingerprint density at radius 1 is 1.55 bits per heavy atom. The van der Waals surface area contributed by atoms with E-state index in [1.165, 1.54) is 12.8 Å². The van der Waals surface area contributed by atoms with Crippen molar-refractivity contribution in [2.45, 2.75) is 32.1 Å². The Morgan fingerprint density at radius 2 is 2.36 bits per heavy atom. The van der Waals surface area contributed by atoms with Crippen molar-refractivity contribution in [1.82, 2.24) is 10.3 Å². The molecule has 1 aromatic heterocycles. The highest BCUT2D eigenvalue weighted by molar-refractivity contribution is 5.94. The van der Waals surface area contributed by atoms with Crippen LogP contribution in [0.15, 0.2) is 18.3 Å². The topological polar surface area (TPSA) is 65.5 Å². The molecule has 1 amide bonds. The Morgan fingerprint density at radius 3 is 3.05 bits per heavy atom. The van der Waals surface area contributed by atoms with Crippen LogP contribution in [0.2, 0.25) is 0 Å². The molecule has 2 aliphatic rings. The summed E-state index contributed by atoms with van der Waals surface area (Å²) < 4.78 is 0. The average Bonchev–Trinajstić information content (AvgIpc) is 3.38. The first-order valence-corrected chi connectivity index (χ1v) is 8.20. The van der Waals surface area contributed by atoms with E-state index < -0.39 is 0 Å². The van der Waals surface area contributed by atoms with Crippen LogP contribution in [0.3, 0.4) is 0 Å². The lowest BCUT2D eigenvalue weighted by molar-refractivity contribution is 0.0901. The second-order valence-electron chi connectivity index (χ2n) is 6.81. The van der Waals surface area contributed by atoms with Crippen molar-refractivity contribution in [2.75, 3.05) is 31.6 Å². The first kappa shape index (κ1) is 15.3. The molecular weight excluding hydrogens is 278 g/mol. The number of carbonyl (C=O) groups excluding carboxylic acids is 1. The minimum Gasteiger partial charge on any atom is -0.396 e. The summed E-state index contributed by atoms with van der Waals surface area (Å²) in [5, 5.41) is 12.6. The van der Waals surface area contributed by atoms with Gasteiger partial charge in [-0.15, -0.1) is 0 Å². The molecule has 1 aliphatic heterocycles. The van der Waals surface area contributed by atoms with Crippen LogP contribution in [-0.4, -0.2) is 42.7 Å². The third-order valence-electron chi connectivity index (χ3n) is 4.97. The van der Waals surface area contributed by atoms with Crippen molar-refractivity contribution >= 4 is 11.7 Å². The highest BCUT2D eigenvalue weighted by Crippen LogP contribution is 2.44. The molecular formula is C17H25N3O2. The first-order valence-electron chi connectivity index (χ1n) is 8.20. The smallest absolute Gasteiger partial charge is 0.251 e. The van der Waals surface area contributed by atoms with Crippen LogP contribution >= 0.6 is 0 Å². The number of piperidine rings is 1. The molecule has 2 fully saturated rings. The number of hydrogen-bond acceptors (Lipinski definition) is 4. The molecule has 1 atom stereocenters. The number of nitrogens with one attached hydrogen (secondary N) is 1. The summed E-state index contributed by atoms with van der Waals surface area (Å²) >= 11 is 0. The Balaban J connectivity index is 1.77. The number of amides is 1. The van der Waals surface area contributed by atoms with Crippen molar-refractivity contribution in [2.24, 2.45) is 11.3 Å². The fourth-order valence-electron chi connectivity index (χ4n) is 3.57. The van der Waals surface area contributed by atoms with E-state index >= 15 is 0 Å². The number of nitrogens with zero attached hydrogens (tertiary/aromatic N) is 2. The van der Waals surface area contributed by atoms with Gasteiger partial charge in [0.05, 0.1) is 6.61 Å². The van der Waals surface area contributed by atoms with Crippen LogP contribution in [0.1, 0.15) is 42.5 Å². The molecule has 5 heteroatoms. The zero-order valence-electron chi connectivity index (χ0n) is 13.2. The van der Waals surface area contributed by atoms with Gasteiger partial charge < -0.3 is 15.3 Å². The summed E-state index contributed by atoms with van der Waals surface area (Å²) in [6.07, 6.45) is 7.59. The van der Waals surface area contributed by atoms with E-state index in [4.69, 9.17) is 0 Å². The second kappa shape index (κ2) is 6.24. The van der Waals surface area contributed by atoms with Gasteiger partial charge >= 0.3 is 0 Å². The molecule has 0 bridgehead atoms. The first-order chi connectivity index (χ1) is 10.7. The predicted molar refractivity (Wildman–Crippen MR) is 85.9 cm³/mol. The van der Waals surface area contributed by atoms with Crippen molar-refractivity contribution in [3.63, 3.8) is 0 Å². The van der Waals surface area contributed by atoms with Crippen LogP contribution in [0, 0.1) is 11.3 Å². The lowest BCUT2D eigenvalue weighted by Gasteiger charge is -2.42. The molecule has 1 aliphatic carbocycles. The highest BCUT2D eigenvalue weighted by Gasteiger charge is 2.40. The summed E-state index contributed by atoms with van der Waals surface area (Å²) in [4.78, 5) is 18.5. The number of carbonyl (C=O) groups is 1. The number of aliphatic hydroxyl groups excluding tert-OH is 1. The van der Waals surface area contributed by atoms with Gasteiger partial charge in [0.25, 0.3) is 5.91 Å². The molecule has 0 spiro atoms. The number of rotatable bonds is 5. The summed E-state index contributed by atoms with van der Waals surface area (Å²) in [5.41, 5.74) is 0.638.